The zero-order chi connectivity index (χ0) is 15.9. The average molecular weight is 328 g/mol. The maximum atomic E-state index is 13.9. The summed E-state index contributed by atoms with van der Waals surface area (Å²) in [7, 11) is 0. The van der Waals surface area contributed by atoms with Crippen molar-refractivity contribution in [3.05, 3.63) is 34.6 Å². The van der Waals surface area contributed by atoms with Crippen LogP contribution in [0.5, 0.6) is 0 Å². The van der Waals surface area contributed by atoms with E-state index in [1.165, 1.54) is 17.0 Å². The summed E-state index contributed by atoms with van der Waals surface area (Å²) in [4.78, 5) is 25.6. The van der Waals surface area contributed by atoms with Crippen LogP contribution in [0.1, 0.15) is 16.8 Å². The highest BCUT2D eigenvalue weighted by molar-refractivity contribution is 6.30. The van der Waals surface area contributed by atoms with E-state index in [9.17, 15) is 19.1 Å². The molecule has 2 aliphatic rings. The van der Waals surface area contributed by atoms with E-state index in [-0.39, 0.29) is 29.6 Å². The molecular weight excluding hydrogens is 313 g/mol. The van der Waals surface area contributed by atoms with Gasteiger partial charge in [-0.25, -0.2) is 4.39 Å². The number of carbonyl (C=O) groups excluding carboxylic acids is 1. The lowest BCUT2D eigenvalue weighted by Gasteiger charge is -2.33. The van der Waals surface area contributed by atoms with E-state index in [4.69, 9.17) is 16.3 Å². The SMILES string of the molecule is O=C(c1ccc(Cl)cc1F)N1C[C@H]2COCC[C@@]2(C(=O)O)C1. The third-order valence-electron chi connectivity index (χ3n) is 4.58. The van der Waals surface area contributed by atoms with Gasteiger partial charge in [0.25, 0.3) is 5.91 Å². The third kappa shape index (κ3) is 2.36. The minimum atomic E-state index is -0.989. The number of hydrogen-bond acceptors (Lipinski definition) is 3. The van der Waals surface area contributed by atoms with E-state index in [0.717, 1.165) is 6.07 Å². The van der Waals surface area contributed by atoms with Gasteiger partial charge in [0.2, 0.25) is 0 Å². The largest absolute Gasteiger partial charge is 0.481 e. The van der Waals surface area contributed by atoms with Gasteiger partial charge in [0.1, 0.15) is 5.82 Å². The number of aliphatic carboxylic acids is 1. The van der Waals surface area contributed by atoms with Crippen molar-refractivity contribution < 1.29 is 23.8 Å². The molecule has 22 heavy (non-hydrogen) atoms. The predicted molar refractivity (Wildman–Crippen MR) is 76.3 cm³/mol. The Morgan fingerprint density at radius 1 is 1.45 bits per heavy atom. The molecule has 7 heteroatoms. The fourth-order valence-electron chi connectivity index (χ4n) is 3.29. The van der Waals surface area contributed by atoms with Crippen LogP contribution in [0.3, 0.4) is 0 Å². The van der Waals surface area contributed by atoms with Gasteiger partial charge in [0.05, 0.1) is 17.6 Å². The maximum absolute atomic E-state index is 13.9. The number of fused-ring (bicyclic) bond motifs is 1. The number of nitrogens with zero attached hydrogens (tertiary/aromatic N) is 1. The molecule has 2 atom stereocenters. The predicted octanol–water partition coefficient (Wildman–Crippen LogP) is 2.04. The van der Waals surface area contributed by atoms with Crippen molar-refractivity contribution in [3.8, 4) is 0 Å². The molecule has 0 saturated carbocycles. The lowest BCUT2D eigenvalue weighted by atomic mass is 9.74. The van der Waals surface area contributed by atoms with Gasteiger partial charge < -0.3 is 14.7 Å². The van der Waals surface area contributed by atoms with Crippen LogP contribution < -0.4 is 0 Å². The average Bonchev–Trinajstić information content (AvgIpc) is 2.87. The Bertz CT molecular complexity index is 638. The van der Waals surface area contributed by atoms with Crippen LogP contribution >= 0.6 is 11.6 Å². The normalized spacial score (nSPS) is 27.5. The van der Waals surface area contributed by atoms with Crippen molar-refractivity contribution in [1.82, 2.24) is 4.90 Å². The van der Waals surface area contributed by atoms with Crippen molar-refractivity contribution in [3.63, 3.8) is 0 Å². The molecule has 0 spiro atoms. The molecule has 2 aliphatic heterocycles. The molecule has 0 unspecified atom stereocenters. The number of likely N-dealkylation sites (tertiary alicyclic amines) is 1. The zero-order valence-electron chi connectivity index (χ0n) is 11.7. The van der Waals surface area contributed by atoms with E-state index in [0.29, 0.717) is 19.6 Å². The van der Waals surface area contributed by atoms with Crippen molar-refractivity contribution in [2.75, 3.05) is 26.3 Å². The number of hydrogen-bond donors (Lipinski definition) is 1. The summed E-state index contributed by atoms with van der Waals surface area (Å²) in [5.41, 5.74) is -1.08. The summed E-state index contributed by atoms with van der Waals surface area (Å²) < 4.78 is 19.2. The second-order valence-corrected chi connectivity index (χ2v) is 6.23. The van der Waals surface area contributed by atoms with Gasteiger partial charge in [0.15, 0.2) is 0 Å². The topological polar surface area (TPSA) is 66.8 Å². The van der Waals surface area contributed by atoms with Gasteiger partial charge in [0, 0.05) is 30.6 Å². The molecule has 1 aromatic rings. The van der Waals surface area contributed by atoms with Crippen LogP contribution in [-0.2, 0) is 9.53 Å². The second-order valence-electron chi connectivity index (χ2n) is 5.79. The van der Waals surface area contributed by atoms with Gasteiger partial charge in [-0.1, -0.05) is 11.6 Å². The first-order valence-electron chi connectivity index (χ1n) is 6.99. The van der Waals surface area contributed by atoms with Crippen molar-refractivity contribution in [2.45, 2.75) is 6.42 Å². The van der Waals surface area contributed by atoms with Crippen LogP contribution in [0.15, 0.2) is 18.2 Å². The molecule has 118 valence electrons. The van der Waals surface area contributed by atoms with Crippen molar-refractivity contribution >= 4 is 23.5 Å². The minimum absolute atomic E-state index is 0.0806. The maximum Gasteiger partial charge on any atom is 0.311 e. The number of carbonyl (C=O) groups is 2. The minimum Gasteiger partial charge on any atom is -0.481 e. The van der Waals surface area contributed by atoms with Crippen molar-refractivity contribution in [1.29, 1.82) is 0 Å². The first kappa shape index (κ1) is 15.2. The van der Waals surface area contributed by atoms with Crippen molar-refractivity contribution in [2.24, 2.45) is 11.3 Å². The first-order chi connectivity index (χ1) is 10.4. The molecule has 0 aliphatic carbocycles. The second kappa shape index (κ2) is 5.52. The Balaban J connectivity index is 1.87. The molecule has 1 amide bonds. The third-order valence-corrected chi connectivity index (χ3v) is 4.82. The van der Waals surface area contributed by atoms with Crippen LogP contribution in [0.2, 0.25) is 5.02 Å². The van der Waals surface area contributed by atoms with Crippen LogP contribution in [0.4, 0.5) is 4.39 Å². The summed E-state index contributed by atoms with van der Waals surface area (Å²) in [5.74, 6) is -2.40. The van der Waals surface area contributed by atoms with Crippen LogP contribution in [0, 0.1) is 17.2 Å². The lowest BCUT2D eigenvalue weighted by molar-refractivity contribution is -0.157. The Morgan fingerprint density at radius 3 is 2.86 bits per heavy atom. The molecule has 1 aromatic carbocycles. The summed E-state index contributed by atoms with van der Waals surface area (Å²) >= 11 is 5.69. The highest BCUT2D eigenvalue weighted by atomic mass is 35.5. The molecule has 0 bridgehead atoms. The van der Waals surface area contributed by atoms with Gasteiger partial charge in [-0.2, -0.15) is 0 Å². The lowest BCUT2D eigenvalue weighted by Crippen LogP contribution is -2.45. The highest BCUT2D eigenvalue weighted by Crippen LogP contribution is 2.42. The van der Waals surface area contributed by atoms with E-state index >= 15 is 0 Å². The Morgan fingerprint density at radius 2 is 2.23 bits per heavy atom. The fraction of sp³-hybridized carbons (Fsp3) is 0.467. The standard InChI is InChI=1S/C15H15ClFNO4/c16-10-1-2-11(12(17)5-10)13(19)18-6-9-7-22-4-3-15(9,8-18)14(20)21/h1-2,5,9H,3-4,6-8H2,(H,20,21)/t9-,15+/m0/s1. The van der Waals surface area contributed by atoms with Gasteiger partial charge in [-0.15, -0.1) is 0 Å². The van der Waals surface area contributed by atoms with E-state index < -0.39 is 23.1 Å². The number of rotatable bonds is 2. The number of ether oxygens (including phenoxy) is 1. The van der Waals surface area contributed by atoms with Gasteiger partial charge >= 0.3 is 5.97 Å². The molecule has 3 rings (SSSR count). The van der Waals surface area contributed by atoms with Crippen LogP contribution in [-0.4, -0.2) is 48.2 Å². The molecule has 2 heterocycles. The number of carboxylic acid groups (broad SMARTS) is 1. The number of amides is 1. The van der Waals surface area contributed by atoms with E-state index in [1.54, 1.807) is 0 Å². The molecule has 5 nitrogen and oxygen atoms in total. The van der Waals surface area contributed by atoms with E-state index in [1.807, 2.05) is 0 Å². The number of halogens is 2. The molecule has 1 N–H and O–H groups in total. The van der Waals surface area contributed by atoms with Crippen LogP contribution in [0.25, 0.3) is 0 Å². The molecule has 2 fully saturated rings. The van der Waals surface area contributed by atoms with Gasteiger partial charge in [-0.05, 0) is 24.6 Å². The summed E-state index contributed by atoms with van der Waals surface area (Å²) in [6.07, 6.45) is 0.361. The monoisotopic (exact) mass is 327 g/mol. The highest BCUT2D eigenvalue weighted by Gasteiger charge is 2.55. The fourth-order valence-corrected chi connectivity index (χ4v) is 3.45. The smallest absolute Gasteiger partial charge is 0.311 e. The number of benzene rings is 1. The first-order valence-corrected chi connectivity index (χ1v) is 7.37. The van der Waals surface area contributed by atoms with Gasteiger partial charge in [-0.3, -0.25) is 9.59 Å². The zero-order valence-corrected chi connectivity index (χ0v) is 12.5. The quantitative estimate of drug-likeness (QED) is 0.902. The molecule has 0 aromatic heterocycles. The summed E-state index contributed by atoms with van der Waals surface area (Å²) in [6.45, 7) is 1.00. The molecular formula is C15H15ClFNO4. The molecule has 2 saturated heterocycles. The molecule has 0 radical (unpaired) electrons. The summed E-state index contributed by atoms with van der Waals surface area (Å²) in [5, 5.41) is 9.78. The summed E-state index contributed by atoms with van der Waals surface area (Å²) in [6, 6.07) is 3.84. The Hall–Kier alpha value is -1.66. The number of carboxylic acids is 1. The Kier molecular flexibility index (Phi) is 3.82. The Labute approximate surface area is 131 Å². The van der Waals surface area contributed by atoms with E-state index in [2.05, 4.69) is 0 Å².